The summed E-state index contributed by atoms with van der Waals surface area (Å²) in [6.45, 7) is 0.366. The molecule has 0 unspecified atom stereocenters. The highest BCUT2D eigenvalue weighted by Crippen LogP contribution is 2.24. The quantitative estimate of drug-likeness (QED) is 0.656. The summed E-state index contributed by atoms with van der Waals surface area (Å²) in [5.74, 6) is 1.24. The van der Waals surface area contributed by atoms with Gasteiger partial charge in [-0.25, -0.2) is 0 Å². The zero-order valence-electron chi connectivity index (χ0n) is 11.0. The molecule has 0 saturated carbocycles. The molecule has 2 aromatic rings. The first-order valence-corrected chi connectivity index (χ1v) is 6.37. The smallest absolute Gasteiger partial charge is 0.132 e. The molecular weight excluding hydrogens is 276 g/mol. The van der Waals surface area contributed by atoms with Crippen molar-refractivity contribution in [1.82, 2.24) is 0 Å². The Morgan fingerprint density at radius 3 is 2.50 bits per heavy atom. The van der Waals surface area contributed by atoms with Gasteiger partial charge in [0, 0.05) is 5.02 Å². The first-order valence-electron chi connectivity index (χ1n) is 6.00. The van der Waals surface area contributed by atoms with Crippen LogP contribution in [0.2, 0.25) is 5.02 Å². The van der Waals surface area contributed by atoms with Gasteiger partial charge in [-0.3, -0.25) is 5.41 Å². The number of nitrogens with one attached hydrogen (secondary N) is 1. The Bertz CT molecular complexity index is 612. The second-order valence-electron chi connectivity index (χ2n) is 4.19. The molecule has 0 aromatic heterocycles. The van der Waals surface area contributed by atoms with Gasteiger partial charge in [-0.1, -0.05) is 23.7 Å². The van der Waals surface area contributed by atoms with Gasteiger partial charge in [0.2, 0.25) is 0 Å². The van der Waals surface area contributed by atoms with Crippen molar-refractivity contribution in [2.24, 2.45) is 5.73 Å². The summed E-state index contributed by atoms with van der Waals surface area (Å²) in [4.78, 5) is 0. The Hall–Kier alpha value is -2.20. The first-order chi connectivity index (χ1) is 9.60. The van der Waals surface area contributed by atoms with Crippen molar-refractivity contribution >= 4 is 17.4 Å². The minimum absolute atomic E-state index is 0.0496. The fourth-order valence-corrected chi connectivity index (χ4v) is 1.88. The van der Waals surface area contributed by atoms with E-state index in [4.69, 9.17) is 32.2 Å². The van der Waals surface area contributed by atoms with Crippen LogP contribution < -0.4 is 15.2 Å². The molecule has 0 amide bonds. The highest BCUT2D eigenvalue weighted by molar-refractivity contribution is 6.30. The van der Waals surface area contributed by atoms with E-state index in [9.17, 15) is 0 Å². The molecule has 0 spiro atoms. The van der Waals surface area contributed by atoms with Crippen molar-refractivity contribution in [2.45, 2.75) is 6.61 Å². The number of nitrogens with two attached hydrogens (primary N) is 1. The number of halogens is 1. The van der Waals surface area contributed by atoms with Gasteiger partial charge in [0.1, 0.15) is 23.9 Å². The van der Waals surface area contributed by atoms with E-state index in [-0.39, 0.29) is 5.84 Å². The van der Waals surface area contributed by atoms with Crippen LogP contribution in [0.3, 0.4) is 0 Å². The van der Waals surface area contributed by atoms with Crippen molar-refractivity contribution < 1.29 is 9.47 Å². The highest BCUT2D eigenvalue weighted by Gasteiger charge is 2.08. The molecule has 4 nitrogen and oxygen atoms in total. The third-order valence-corrected chi connectivity index (χ3v) is 3.02. The topological polar surface area (TPSA) is 68.3 Å². The second kappa shape index (κ2) is 6.30. The molecular formula is C15H15ClN2O2. The Labute approximate surface area is 122 Å². The van der Waals surface area contributed by atoms with Gasteiger partial charge in [0.25, 0.3) is 0 Å². The maximum atomic E-state index is 7.52. The number of ether oxygens (including phenoxy) is 2. The van der Waals surface area contributed by atoms with E-state index in [0.717, 1.165) is 11.3 Å². The number of hydrogen-bond acceptors (Lipinski definition) is 3. The third kappa shape index (κ3) is 3.42. The fraction of sp³-hybridized carbons (Fsp3) is 0.133. The lowest BCUT2D eigenvalue weighted by atomic mass is 10.2. The molecule has 0 atom stereocenters. The summed E-state index contributed by atoms with van der Waals surface area (Å²) in [5, 5.41) is 8.06. The Morgan fingerprint density at radius 2 is 1.90 bits per heavy atom. The number of amidine groups is 1. The van der Waals surface area contributed by atoms with E-state index in [0.29, 0.717) is 22.9 Å². The Kier molecular flexibility index (Phi) is 4.48. The van der Waals surface area contributed by atoms with Crippen LogP contribution in [0.1, 0.15) is 11.1 Å². The molecule has 0 bridgehead atoms. The summed E-state index contributed by atoms with van der Waals surface area (Å²) >= 11 is 5.94. The molecule has 0 saturated heterocycles. The predicted octanol–water partition coefficient (Wildman–Crippen LogP) is 3.21. The average Bonchev–Trinajstić information content (AvgIpc) is 2.45. The van der Waals surface area contributed by atoms with Crippen LogP contribution in [0, 0.1) is 5.41 Å². The van der Waals surface area contributed by atoms with Crippen LogP contribution in [-0.2, 0) is 6.61 Å². The van der Waals surface area contributed by atoms with E-state index in [1.165, 1.54) is 0 Å². The molecule has 104 valence electrons. The number of methoxy groups -OCH3 is 1. The lowest BCUT2D eigenvalue weighted by Gasteiger charge is -2.11. The van der Waals surface area contributed by atoms with Crippen LogP contribution in [0.15, 0.2) is 42.5 Å². The average molecular weight is 291 g/mol. The van der Waals surface area contributed by atoms with E-state index in [1.54, 1.807) is 25.3 Å². The Morgan fingerprint density at radius 1 is 1.20 bits per heavy atom. The van der Waals surface area contributed by atoms with Crippen LogP contribution >= 0.6 is 11.6 Å². The maximum absolute atomic E-state index is 7.52. The van der Waals surface area contributed by atoms with Gasteiger partial charge >= 0.3 is 0 Å². The van der Waals surface area contributed by atoms with Gasteiger partial charge in [-0.15, -0.1) is 0 Å². The number of rotatable bonds is 5. The minimum atomic E-state index is -0.0496. The van der Waals surface area contributed by atoms with Gasteiger partial charge in [0.15, 0.2) is 0 Å². The molecule has 5 heteroatoms. The molecule has 0 heterocycles. The van der Waals surface area contributed by atoms with Crippen molar-refractivity contribution in [1.29, 1.82) is 5.41 Å². The van der Waals surface area contributed by atoms with E-state index in [2.05, 4.69) is 0 Å². The predicted molar refractivity (Wildman–Crippen MR) is 79.8 cm³/mol. The fourth-order valence-electron chi connectivity index (χ4n) is 1.72. The zero-order chi connectivity index (χ0) is 14.5. The Balaban J connectivity index is 2.13. The van der Waals surface area contributed by atoms with Crippen LogP contribution in [0.4, 0.5) is 0 Å². The van der Waals surface area contributed by atoms with Crippen molar-refractivity contribution in [2.75, 3.05) is 7.11 Å². The normalized spacial score (nSPS) is 10.1. The van der Waals surface area contributed by atoms with E-state index in [1.807, 2.05) is 24.3 Å². The number of nitrogen functional groups attached to an aromatic ring is 1. The molecule has 20 heavy (non-hydrogen) atoms. The lowest BCUT2D eigenvalue weighted by Crippen LogP contribution is -2.13. The van der Waals surface area contributed by atoms with Gasteiger partial charge in [-0.2, -0.15) is 0 Å². The maximum Gasteiger partial charge on any atom is 0.132 e. The van der Waals surface area contributed by atoms with Gasteiger partial charge < -0.3 is 15.2 Å². The summed E-state index contributed by atoms with van der Waals surface area (Å²) in [6, 6.07) is 12.6. The van der Waals surface area contributed by atoms with Crippen molar-refractivity contribution in [3.63, 3.8) is 0 Å². The van der Waals surface area contributed by atoms with E-state index >= 15 is 0 Å². The summed E-state index contributed by atoms with van der Waals surface area (Å²) in [5.41, 5.74) is 7.03. The van der Waals surface area contributed by atoms with Crippen LogP contribution in [0.5, 0.6) is 11.5 Å². The van der Waals surface area contributed by atoms with Crippen molar-refractivity contribution in [3.8, 4) is 11.5 Å². The molecule has 0 fully saturated rings. The summed E-state index contributed by atoms with van der Waals surface area (Å²) < 4.78 is 10.8. The molecule has 2 aromatic carbocycles. The largest absolute Gasteiger partial charge is 0.497 e. The van der Waals surface area contributed by atoms with E-state index < -0.39 is 0 Å². The van der Waals surface area contributed by atoms with Crippen molar-refractivity contribution in [3.05, 3.63) is 58.6 Å². The zero-order valence-corrected chi connectivity index (χ0v) is 11.8. The minimum Gasteiger partial charge on any atom is -0.497 e. The molecule has 0 aliphatic heterocycles. The third-order valence-electron chi connectivity index (χ3n) is 2.79. The molecule has 2 rings (SSSR count). The second-order valence-corrected chi connectivity index (χ2v) is 4.63. The monoisotopic (exact) mass is 290 g/mol. The SMILES string of the molecule is COc1ccc(COc2cc(Cl)ccc2C(=N)N)cc1. The van der Waals surface area contributed by atoms with Gasteiger partial charge in [-0.05, 0) is 35.9 Å². The standard InChI is InChI=1S/C15H15ClN2O2/c1-19-12-5-2-10(3-6-12)9-20-14-8-11(16)4-7-13(14)15(17)18/h2-8H,9H2,1H3,(H3,17,18). The first kappa shape index (κ1) is 14.2. The lowest BCUT2D eigenvalue weighted by molar-refractivity contribution is 0.305. The molecule has 0 radical (unpaired) electrons. The summed E-state index contributed by atoms with van der Waals surface area (Å²) in [7, 11) is 1.62. The molecule has 0 aliphatic carbocycles. The number of benzene rings is 2. The van der Waals surface area contributed by atoms with Crippen LogP contribution in [0.25, 0.3) is 0 Å². The van der Waals surface area contributed by atoms with Gasteiger partial charge in [0.05, 0.1) is 12.7 Å². The molecule has 0 aliphatic rings. The molecule has 3 N–H and O–H groups in total. The highest BCUT2D eigenvalue weighted by atomic mass is 35.5. The summed E-state index contributed by atoms with van der Waals surface area (Å²) in [6.07, 6.45) is 0. The number of hydrogen-bond donors (Lipinski definition) is 2. The van der Waals surface area contributed by atoms with Crippen LogP contribution in [-0.4, -0.2) is 12.9 Å².